The van der Waals surface area contributed by atoms with Crippen LogP contribution in [0.15, 0.2) is 11.6 Å². The SMILES string of the molecule is CC1(C)[C@H]2CC=C(CN(CCN3CCNCC3)C(=O)C3CC3)[C@@H]1C2. The second-order valence-electron chi connectivity index (χ2n) is 8.95. The van der Waals surface area contributed by atoms with Crippen LogP contribution in [-0.4, -0.2) is 61.5 Å². The molecule has 1 saturated heterocycles. The molecule has 4 heteroatoms. The molecule has 24 heavy (non-hydrogen) atoms. The molecule has 5 aliphatic rings. The number of piperazine rings is 1. The Balaban J connectivity index is 1.39. The maximum atomic E-state index is 12.8. The summed E-state index contributed by atoms with van der Waals surface area (Å²) < 4.78 is 0. The molecule has 0 radical (unpaired) electrons. The van der Waals surface area contributed by atoms with Crippen LogP contribution in [0.4, 0.5) is 0 Å². The summed E-state index contributed by atoms with van der Waals surface area (Å²) in [7, 11) is 0. The number of rotatable bonds is 6. The lowest BCUT2D eigenvalue weighted by atomic mass is 9.49. The van der Waals surface area contributed by atoms with Gasteiger partial charge >= 0.3 is 0 Å². The fourth-order valence-corrected chi connectivity index (χ4v) is 4.93. The number of nitrogens with one attached hydrogen (secondary N) is 1. The number of carbonyl (C=O) groups excluding carboxylic acids is 1. The zero-order valence-electron chi connectivity index (χ0n) is 15.4. The fourth-order valence-electron chi connectivity index (χ4n) is 4.93. The van der Waals surface area contributed by atoms with Gasteiger partial charge in [0, 0.05) is 51.7 Å². The van der Waals surface area contributed by atoms with Crippen LogP contribution in [0.5, 0.6) is 0 Å². The maximum absolute atomic E-state index is 12.8. The highest BCUT2D eigenvalue weighted by molar-refractivity contribution is 5.81. The summed E-state index contributed by atoms with van der Waals surface area (Å²) in [6.45, 7) is 12.1. The highest BCUT2D eigenvalue weighted by Gasteiger charge is 2.51. The number of carbonyl (C=O) groups is 1. The Morgan fingerprint density at radius 1 is 1.33 bits per heavy atom. The van der Waals surface area contributed by atoms with Gasteiger partial charge in [-0.2, -0.15) is 0 Å². The molecule has 1 N–H and O–H groups in total. The Hall–Kier alpha value is -0.870. The lowest BCUT2D eigenvalue weighted by molar-refractivity contribution is -0.132. The molecular weight excluding hydrogens is 298 g/mol. The third-order valence-corrected chi connectivity index (χ3v) is 7.09. The molecule has 0 spiro atoms. The fraction of sp³-hybridized carbons (Fsp3) is 0.850. The molecule has 5 rings (SSSR count). The van der Waals surface area contributed by atoms with Gasteiger partial charge in [0.1, 0.15) is 0 Å². The molecular formula is C20H33N3O. The van der Waals surface area contributed by atoms with E-state index in [-0.39, 0.29) is 0 Å². The van der Waals surface area contributed by atoms with E-state index < -0.39 is 0 Å². The zero-order valence-corrected chi connectivity index (χ0v) is 15.4. The minimum atomic E-state index is 0.333. The quantitative estimate of drug-likeness (QED) is 0.757. The van der Waals surface area contributed by atoms with Crippen LogP contribution in [0, 0.1) is 23.2 Å². The summed E-state index contributed by atoms with van der Waals surface area (Å²) in [6.07, 6.45) is 7.25. The van der Waals surface area contributed by atoms with Crippen LogP contribution >= 0.6 is 0 Å². The predicted molar refractivity (Wildman–Crippen MR) is 96.7 cm³/mol. The van der Waals surface area contributed by atoms with E-state index in [1.54, 1.807) is 5.57 Å². The topological polar surface area (TPSA) is 35.6 Å². The Morgan fingerprint density at radius 2 is 2.08 bits per heavy atom. The van der Waals surface area contributed by atoms with Gasteiger partial charge in [-0.05, 0) is 42.9 Å². The molecule has 1 heterocycles. The molecule has 3 fully saturated rings. The average Bonchev–Trinajstić information content (AvgIpc) is 3.44. The lowest BCUT2D eigenvalue weighted by Gasteiger charge is -2.57. The van der Waals surface area contributed by atoms with Gasteiger partial charge in [0.2, 0.25) is 5.91 Å². The summed E-state index contributed by atoms with van der Waals surface area (Å²) in [5, 5.41) is 3.41. The second kappa shape index (κ2) is 6.45. The minimum Gasteiger partial charge on any atom is -0.337 e. The molecule has 0 aromatic heterocycles. The summed E-state index contributed by atoms with van der Waals surface area (Å²) in [6, 6.07) is 0. The summed E-state index contributed by atoms with van der Waals surface area (Å²) in [4.78, 5) is 17.5. The van der Waals surface area contributed by atoms with Crippen molar-refractivity contribution in [3.8, 4) is 0 Å². The van der Waals surface area contributed by atoms with Crippen LogP contribution in [-0.2, 0) is 4.79 Å². The van der Waals surface area contributed by atoms with E-state index in [0.717, 1.165) is 64.6 Å². The van der Waals surface area contributed by atoms with Gasteiger partial charge in [0.15, 0.2) is 0 Å². The number of fused-ring (bicyclic) bond motifs is 1. The molecule has 2 atom stereocenters. The molecule has 1 aliphatic heterocycles. The Morgan fingerprint density at radius 3 is 2.71 bits per heavy atom. The first-order valence-corrected chi connectivity index (χ1v) is 9.96. The van der Waals surface area contributed by atoms with Crippen LogP contribution in [0.25, 0.3) is 0 Å². The van der Waals surface area contributed by atoms with E-state index in [2.05, 4.69) is 35.0 Å². The van der Waals surface area contributed by atoms with Crippen LogP contribution in [0.3, 0.4) is 0 Å². The van der Waals surface area contributed by atoms with Crippen LogP contribution < -0.4 is 5.32 Å². The van der Waals surface area contributed by atoms with Gasteiger partial charge in [-0.25, -0.2) is 0 Å². The number of hydrogen-bond acceptors (Lipinski definition) is 3. The number of allylic oxidation sites excluding steroid dienone is 1. The van der Waals surface area contributed by atoms with E-state index in [9.17, 15) is 4.79 Å². The van der Waals surface area contributed by atoms with Crippen molar-refractivity contribution in [2.24, 2.45) is 23.2 Å². The van der Waals surface area contributed by atoms with Crippen molar-refractivity contribution in [3.63, 3.8) is 0 Å². The molecule has 0 aromatic carbocycles. The van der Waals surface area contributed by atoms with Crippen molar-refractivity contribution in [2.75, 3.05) is 45.8 Å². The van der Waals surface area contributed by atoms with E-state index in [4.69, 9.17) is 0 Å². The summed E-state index contributed by atoms with van der Waals surface area (Å²) in [5.41, 5.74) is 2.01. The van der Waals surface area contributed by atoms with E-state index in [1.165, 1.54) is 12.8 Å². The van der Waals surface area contributed by atoms with E-state index in [0.29, 0.717) is 23.2 Å². The first-order valence-electron chi connectivity index (χ1n) is 9.96. The highest BCUT2D eigenvalue weighted by Crippen LogP contribution is 2.59. The molecule has 0 aromatic rings. The molecule has 1 amide bonds. The van der Waals surface area contributed by atoms with Crippen molar-refractivity contribution in [1.29, 1.82) is 0 Å². The normalized spacial score (nSPS) is 32.0. The van der Waals surface area contributed by atoms with Gasteiger partial charge < -0.3 is 10.2 Å². The first-order chi connectivity index (χ1) is 11.6. The highest BCUT2D eigenvalue weighted by atomic mass is 16.2. The van der Waals surface area contributed by atoms with Crippen LogP contribution in [0.1, 0.15) is 39.5 Å². The Kier molecular flexibility index (Phi) is 4.46. The van der Waals surface area contributed by atoms with E-state index >= 15 is 0 Å². The molecule has 134 valence electrons. The Bertz CT molecular complexity index is 517. The second-order valence-corrected chi connectivity index (χ2v) is 8.95. The number of amides is 1. The number of hydrogen-bond donors (Lipinski definition) is 1. The first kappa shape index (κ1) is 16.6. The molecule has 4 aliphatic carbocycles. The standard InChI is InChI=1S/C20H33N3O/c1-20(2)17-6-5-16(18(20)13-17)14-23(19(24)15-3-4-15)12-11-22-9-7-21-8-10-22/h5,15,17-18,21H,3-4,6-14H2,1-2H3/t17-,18-/m0/s1. The third-order valence-electron chi connectivity index (χ3n) is 7.09. The largest absolute Gasteiger partial charge is 0.337 e. The van der Waals surface area contributed by atoms with Crippen molar-refractivity contribution in [1.82, 2.24) is 15.1 Å². The molecule has 2 bridgehead atoms. The molecule has 0 unspecified atom stereocenters. The van der Waals surface area contributed by atoms with Crippen molar-refractivity contribution in [3.05, 3.63) is 11.6 Å². The van der Waals surface area contributed by atoms with E-state index in [1.807, 2.05) is 0 Å². The van der Waals surface area contributed by atoms with Gasteiger partial charge in [0.25, 0.3) is 0 Å². The van der Waals surface area contributed by atoms with Gasteiger partial charge in [-0.15, -0.1) is 0 Å². The smallest absolute Gasteiger partial charge is 0.226 e. The van der Waals surface area contributed by atoms with Crippen LogP contribution in [0.2, 0.25) is 0 Å². The van der Waals surface area contributed by atoms with Crippen molar-refractivity contribution >= 4 is 5.91 Å². The molecule has 4 nitrogen and oxygen atoms in total. The van der Waals surface area contributed by atoms with Gasteiger partial charge in [-0.3, -0.25) is 9.69 Å². The monoisotopic (exact) mass is 331 g/mol. The summed E-state index contributed by atoms with van der Waals surface area (Å²) >= 11 is 0. The lowest BCUT2D eigenvalue weighted by Crippen LogP contribution is -2.51. The Labute approximate surface area is 146 Å². The molecule has 2 saturated carbocycles. The van der Waals surface area contributed by atoms with Crippen molar-refractivity contribution < 1.29 is 4.79 Å². The third kappa shape index (κ3) is 3.15. The predicted octanol–water partition coefficient (Wildman–Crippen LogP) is 2.12. The summed E-state index contributed by atoms with van der Waals surface area (Å²) in [5.74, 6) is 2.34. The number of nitrogens with zero attached hydrogens (tertiary/aromatic N) is 2. The zero-order chi connectivity index (χ0) is 16.7. The van der Waals surface area contributed by atoms with Crippen molar-refractivity contribution in [2.45, 2.75) is 39.5 Å². The van der Waals surface area contributed by atoms with Gasteiger partial charge in [0.05, 0.1) is 0 Å². The maximum Gasteiger partial charge on any atom is 0.226 e. The average molecular weight is 332 g/mol. The minimum absolute atomic E-state index is 0.333. The van der Waals surface area contributed by atoms with Gasteiger partial charge in [-0.1, -0.05) is 25.5 Å².